The number of hydrogen-bond donors (Lipinski definition) is 1. The minimum absolute atomic E-state index is 0.158. The molecule has 2 heterocycles. The molecule has 0 bridgehead atoms. The van der Waals surface area contributed by atoms with Gasteiger partial charge in [-0.05, 0) is 38.8 Å². The largest absolute Gasteiger partial charge is 0.389 e. The Morgan fingerprint density at radius 2 is 1.95 bits per heavy atom. The molecule has 118 valence electrons. The quantitative estimate of drug-likeness (QED) is 0.927. The molecule has 1 amide bonds. The van der Waals surface area contributed by atoms with Gasteiger partial charge >= 0.3 is 0 Å². The van der Waals surface area contributed by atoms with E-state index in [-0.39, 0.29) is 5.91 Å². The Labute approximate surface area is 131 Å². The lowest BCUT2D eigenvalue weighted by atomic mass is 10.1. The number of aryl methyl sites for hydroxylation is 2. The van der Waals surface area contributed by atoms with Crippen LogP contribution >= 0.6 is 11.3 Å². The van der Waals surface area contributed by atoms with E-state index in [1.165, 1.54) is 10.4 Å². The number of aliphatic hydroxyl groups is 1. The van der Waals surface area contributed by atoms with Crippen LogP contribution in [-0.2, 0) is 6.42 Å². The molecule has 1 aliphatic heterocycles. The molecule has 0 aromatic carbocycles. The minimum Gasteiger partial charge on any atom is -0.389 e. The van der Waals surface area contributed by atoms with Crippen molar-refractivity contribution in [3.63, 3.8) is 0 Å². The first-order valence-corrected chi connectivity index (χ1v) is 8.45. The van der Waals surface area contributed by atoms with E-state index in [1.54, 1.807) is 11.3 Å². The summed E-state index contributed by atoms with van der Waals surface area (Å²) in [7, 11) is 0. The van der Waals surface area contributed by atoms with E-state index < -0.39 is 5.60 Å². The molecule has 0 atom stereocenters. The average molecular weight is 310 g/mol. The van der Waals surface area contributed by atoms with Gasteiger partial charge in [0.05, 0.1) is 10.5 Å². The van der Waals surface area contributed by atoms with E-state index in [0.717, 1.165) is 37.5 Å². The van der Waals surface area contributed by atoms with Crippen LogP contribution in [0.25, 0.3) is 0 Å². The van der Waals surface area contributed by atoms with Gasteiger partial charge in [0.2, 0.25) is 0 Å². The zero-order valence-corrected chi connectivity index (χ0v) is 14.3. The van der Waals surface area contributed by atoms with Crippen molar-refractivity contribution in [1.82, 2.24) is 9.80 Å². The molecule has 0 saturated carbocycles. The molecule has 1 fully saturated rings. The summed E-state index contributed by atoms with van der Waals surface area (Å²) in [4.78, 5) is 18.9. The van der Waals surface area contributed by atoms with Crippen LogP contribution in [0.15, 0.2) is 6.07 Å². The highest BCUT2D eigenvalue weighted by molar-refractivity contribution is 7.14. The van der Waals surface area contributed by atoms with Crippen LogP contribution in [-0.4, -0.2) is 59.1 Å². The Balaban J connectivity index is 1.93. The molecule has 5 heteroatoms. The first-order chi connectivity index (χ1) is 9.80. The first kappa shape index (κ1) is 16.5. The van der Waals surface area contributed by atoms with Crippen molar-refractivity contribution in [3.05, 3.63) is 21.4 Å². The summed E-state index contributed by atoms with van der Waals surface area (Å²) in [5, 5.41) is 9.86. The molecular weight excluding hydrogens is 284 g/mol. The standard InChI is InChI=1S/C16H26N2O2S/c1-5-13-12(2)10-14(21-13)15(19)18-8-6-17(7-9-18)11-16(3,4)20/h10,20H,5-9,11H2,1-4H3. The summed E-state index contributed by atoms with van der Waals surface area (Å²) in [6.07, 6.45) is 0.989. The molecule has 4 nitrogen and oxygen atoms in total. The highest BCUT2D eigenvalue weighted by Gasteiger charge is 2.26. The summed E-state index contributed by atoms with van der Waals surface area (Å²) >= 11 is 1.63. The topological polar surface area (TPSA) is 43.8 Å². The van der Waals surface area contributed by atoms with Gasteiger partial charge in [-0.3, -0.25) is 9.69 Å². The number of nitrogens with zero attached hydrogens (tertiary/aromatic N) is 2. The molecule has 0 radical (unpaired) electrons. The number of hydrogen-bond acceptors (Lipinski definition) is 4. The van der Waals surface area contributed by atoms with Gasteiger partial charge in [0.1, 0.15) is 0 Å². The highest BCUT2D eigenvalue weighted by atomic mass is 32.1. The van der Waals surface area contributed by atoms with E-state index in [9.17, 15) is 9.90 Å². The van der Waals surface area contributed by atoms with Crippen molar-refractivity contribution >= 4 is 17.2 Å². The van der Waals surface area contributed by atoms with Crippen LogP contribution in [0.3, 0.4) is 0 Å². The molecule has 0 unspecified atom stereocenters. The Bertz CT molecular complexity index is 497. The molecule has 1 aliphatic rings. The van der Waals surface area contributed by atoms with Gasteiger partial charge in [0, 0.05) is 37.6 Å². The summed E-state index contributed by atoms with van der Waals surface area (Å²) in [6.45, 7) is 11.7. The lowest BCUT2D eigenvalue weighted by Crippen LogP contribution is -2.51. The first-order valence-electron chi connectivity index (χ1n) is 7.63. The Kier molecular flexibility index (Phi) is 5.07. The third kappa shape index (κ3) is 4.28. The number of thiophene rings is 1. The van der Waals surface area contributed by atoms with E-state index in [4.69, 9.17) is 0 Å². The number of piperazine rings is 1. The van der Waals surface area contributed by atoms with Crippen molar-refractivity contribution in [3.8, 4) is 0 Å². The fourth-order valence-corrected chi connectivity index (χ4v) is 3.87. The Hall–Kier alpha value is -0.910. The minimum atomic E-state index is -0.674. The Morgan fingerprint density at radius 1 is 1.33 bits per heavy atom. The van der Waals surface area contributed by atoms with Crippen LogP contribution in [0.4, 0.5) is 0 Å². The van der Waals surface area contributed by atoms with Crippen LogP contribution in [0.2, 0.25) is 0 Å². The van der Waals surface area contributed by atoms with Gasteiger partial charge in [0.15, 0.2) is 0 Å². The molecule has 1 aromatic rings. The molecule has 1 N–H and O–H groups in total. The monoisotopic (exact) mass is 310 g/mol. The lowest BCUT2D eigenvalue weighted by Gasteiger charge is -2.37. The summed E-state index contributed by atoms with van der Waals surface area (Å²) in [5.74, 6) is 0.158. The van der Waals surface area contributed by atoms with Gasteiger partial charge in [-0.25, -0.2) is 0 Å². The van der Waals surface area contributed by atoms with Crippen molar-refractivity contribution in [2.24, 2.45) is 0 Å². The zero-order valence-electron chi connectivity index (χ0n) is 13.5. The van der Waals surface area contributed by atoms with Crippen molar-refractivity contribution in [2.75, 3.05) is 32.7 Å². The molecule has 1 aromatic heterocycles. The molecular formula is C16H26N2O2S. The van der Waals surface area contributed by atoms with Gasteiger partial charge in [-0.2, -0.15) is 0 Å². The third-order valence-electron chi connectivity index (χ3n) is 3.82. The Morgan fingerprint density at radius 3 is 2.43 bits per heavy atom. The third-order valence-corrected chi connectivity index (χ3v) is 5.19. The summed E-state index contributed by atoms with van der Waals surface area (Å²) in [6, 6.07) is 2.02. The van der Waals surface area contributed by atoms with Crippen molar-refractivity contribution in [2.45, 2.75) is 39.7 Å². The number of amides is 1. The van der Waals surface area contributed by atoms with Gasteiger partial charge < -0.3 is 10.0 Å². The normalized spacial score (nSPS) is 17.3. The number of β-amino-alcohol motifs (C(OH)–C–C–N with tert-alkyl or cyclic N) is 1. The lowest BCUT2D eigenvalue weighted by molar-refractivity contribution is 0.0179. The SMILES string of the molecule is CCc1sc(C(=O)N2CCN(CC(C)(C)O)CC2)cc1C. The maximum absolute atomic E-state index is 12.5. The highest BCUT2D eigenvalue weighted by Crippen LogP contribution is 2.24. The van der Waals surface area contributed by atoms with Crippen LogP contribution < -0.4 is 0 Å². The van der Waals surface area contributed by atoms with Crippen molar-refractivity contribution in [1.29, 1.82) is 0 Å². The maximum Gasteiger partial charge on any atom is 0.264 e. The number of carbonyl (C=O) groups excluding carboxylic acids is 1. The fourth-order valence-electron chi connectivity index (χ4n) is 2.79. The van der Waals surface area contributed by atoms with Crippen LogP contribution in [0.5, 0.6) is 0 Å². The predicted molar refractivity (Wildman–Crippen MR) is 87.1 cm³/mol. The van der Waals surface area contributed by atoms with E-state index in [2.05, 4.69) is 18.7 Å². The maximum atomic E-state index is 12.5. The molecule has 2 rings (SSSR count). The average Bonchev–Trinajstić information content (AvgIpc) is 2.78. The molecule has 0 aliphatic carbocycles. The zero-order chi connectivity index (χ0) is 15.6. The number of rotatable bonds is 4. The summed E-state index contributed by atoms with van der Waals surface area (Å²) < 4.78 is 0. The summed E-state index contributed by atoms with van der Waals surface area (Å²) in [5.41, 5.74) is 0.555. The molecule has 1 saturated heterocycles. The molecule has 0 spiro atoms. The predicted octanol–water partition coefficient (Wildman–Crippen LogP) is 2.15. The van der Waals surface area contributed by atoms with Gasteiger partial charge in [-0.1, -0.05) is 6.92 Å². The second kappa shape index (κ2) is 6.46. The van der Waals surface area contributed by atoms with Crippen molar-refractivity contribution < 1.29 is 9.90 Å². The van der Waals surface area contributed by atoms with E-state index in [0.29, 0.717) is 6.54 Å². The number of carbonyl (C=O) groups is 1. The van der Waals surface area contributed by atoms with Gasteiger partial charge in [0.25, 0.3) is 5.91 Å². The fraction of sp³-hybridized carbons (Fsp3) is 0.688. The van der Waals surface area contributed by atoms with Crippen LogP contribution in [0.1, 0.15) is 40.9 Å². The van der Waals surface area contributed by atoms with E-state index >= 15 is 0 Å². The molecule has 21 heavy (non-hydrogen) atoms. The van der Waals surface area contributed by atoms with Crippen LogP contribution in [0, 0.1) is 6.92 Å². The second-order valence-corrected chi connectivity index (χ2v) is 7.59. The van der Waals surface area contributed by atoms with Gasteiger partial charge in [-0.15, -0.1) is 11.3 Å². The second-order valence-electron chi connectivity index (χ2n) is 6.45. The van der Waals surface area contributed by atoms with E-state index in [1.807, 2.05) is 24.8 Å². The smallest absolute Gasteiger partial charge is 0.264 e.